The Kier molecular flexibility index (Phi) is 10.6. The van der Waals surface area contributed by atoms with Crippen LogP contribution in [-0.2, 0) is 15.0 Å². The van der Waals surface area contributed by atoms with E-state index in [9.17, 15) is 19.8 Å². The summed E-state index contributed by atoms with van der Waals surface area (Å²) in [5.41, 5.74) is 0.141. The molecule has 1 aromatic heterocycles. The van der Waals surface area contributed by atoms with Crippen molar-refractivity contribution in [1.82, 2.24) is 4.73 Å². The molecule has 0 spiro atoms. The molecule has 7 heteroatoms. The maximum atomic E-state index is 12.0. The average Bonchev–Trinajstić information content (AvgIpc) is 2.90. The lowest BCUT2D eigenvalue weighted by Gasteiger charge is -2.17. The van der Waals surface area contributed by atoms with Crippen molar-refractivity contribution in [2.24, 2.45) is 0 Å². The number of carboxylic acids is 1. The van der Waals surface area contributed by atoms with Gasteiger partial charge in [-0.15, -0.1) is 4.73 Å². The summed E-state index contributed by atoms with van der Waals surface area (Å²) in [5, 5.41) is 28.7. The second-order valence-corrected chi connectivity index (χ2v) is 8.68. The first-order valence-corrected chi connectivity index (χ1v) is 10.7. The summed E-state index contributed by atoms with van der Waals surface area (Å²) >= 11 is 0. The van der Waals surface area contributed by atoms with Gasteiger partial charge in [-0.3, -0.25) is 4.79 Å². The van der Waals surface area contributed by atoms with Crippen LogP contribution in [0, 0.1) is 0 Å². The molecule has 0 aromatic carbocycles. The van der Waals surface area contributed by atoms with Crippen molar-refractivity contribution in [2.75, 3.05) is 0 Å². The fraction of sp³-hybridized carbons (Fsp3) is 0.727. The van der Waals surface area contributed by atoms with Gasteiger partial charge in [0.25, 0.3) is 0 Å². The van der Waals surface area contributed by atoms with Crippen LogP contribution in [0.4, 0.5) is 0 Å². The van der Waals surface area contributed by atoms with Crippen LogP contribution in [0.5, 0.6) is 11.8 Å². The van der Waals surface area contributed by atoms with Gasteiger partial charge in [0.1, 0.15) is 0 Å². The minimum absolute atomic E-state index is 0.242. The summed E-state index contributed by atoms with van der Waals surface area (Å²) in [5.74, 6) is -1.73. The Morgan fingerprint density at radius 3 is 1.72 bits per heavy atom. The van der Waals surface area contributed by atoms with Crippen molar-refractivity contribution >= 4 is 11.9 Å². The van der Waals surface area contributed by atoms with Crippen LogP contribution in [0.2, 0.25) is 0 Å². The molecule has 29 heavy (non-hydrogen) atoms. The Morgan fingerprint density at radius 1 is 0.862 bits per heavy atom. The molecule has 0 aliphatic rings. The topological polar surface area (TPSA) is 109 Å². The number of hydrogen-bond donors (Lipinski definition) is 3. The van der Waals surface area contributed by atoms with E-state index in [4.69, 9.17) is 9.94 Å². The average molecular weight is 412 g/mol. The number of hydrogen-bond acceptors (Lipinski definition) is 5. The first-order chi connectivity index (χ1) is 13.6. The number of nitrogens with zero attached hydrogens (tertiary/aromatic N) is 1. The Labute approximate surface area is 173 Å². The summed E-state index contributed by atoms with van der Waals surface area (Å²) in [6.45, 7) is 5.69. The smallest absolute Gasteiger partial charge is 0.333 e. The van der Waals surface area contributed by atoms with Crippen LogP contribution < -0.4 is 4.84 Å². The summed E-state index contributed by atoms with van der Waals surface area (Å²) in [6.07, 6.45) is 10.6. The van der Waals surface area contributed by atoms with E-state index in [1.807, 2.05) is 20.8 Å². The van der Waals surface area contributed by atoms with Crippen molar-refractivity contribution in [3.05, 3.63) is 11.6 Å². The van der Waals surface area contributed by atoms with Gasteiger partial charge >= 0.3 is 11.9 Å². The summed E-state index contributed by atoms with van der Waals surface area (Å²) in [7, 11) is 0. The van der Waals surface area contributed by atoms with E-state index in [2.05, 4.69) is 0 Å². The third-order valence-electron chi connectivity index (χ3n) is 4.94. The quantitative estimate of drug-likeness (QED) is 0.375. The van der Waals surface area contributed by atoms with E-state index in [0.29, 0.717) is 12.0 Å². The van der Waals surface area contributed by atoms with E-state index in [-0.39, 0.29) is 30.0 Å². The van der Waals surface area contributed by atoms with Gasteiger partial charge < -0.3 is 20.2 Å². The molecule has 3 N–H and O–H groups in total. The molecule has 0 aliphatic heterocycles. The van der Waals surface area contributed by atoms with E-state index in [0.717, 1.165) is 62.5 Å². The van der Waals surface area contributed by atoms with Gasteiger partial charge in [-0.25, -0.2) is 4.79 Å². The van der Waals surface area contributed by atoms with Crippen molar-refractivity contribution in [1.29, 1.82) is 0 Å². The molecule has 1 heterocycles. The van der Waals surface area contributed by atoms with E-state index in [1.54, 1.807) is 0 Å². The van der Waals surface area contributed by atoms with Gasteiger partial charge in [-0.1, -0.05) is 72.1 Å². The van der Waals surface area contributed by atoms with Gasteiger partial charge in [0.2, 0.25) is 11.8 Å². The van der Waals surface area contributed by atoms with Crippen molar-refractivity contribution in [3.8, 4) is 11.8 Å². The highest BCUT2D eigenvalue weighted by Crippen LogP contribution is 2.35. The molecule has 0 saturated heterocycles. The molecule has 1 aromatic rings. The lowest BCUT2D eigenvalue weighted by atomic mass is 9.89. The number of carbonyl (C=O) groups is 2. The standard InChI is InChI=1S/C22H37NO6/c1-22(2,3)17-16-18(24)23(21(17)28)29-20(27)15-13-11-9-7-5-4-6-8-10-12-14-19(25)26/h16,24,28H,4-15H2,1-3H3,(H,25,26). The molecule has 0 bridgehead atoms. The molecule has 7 nitrogen and oxygen atoms in total. The van der Waals surface area contributed by atoms with E-state index < -0.39 is 11.9 Å². The zero-order chi connectivity index (χ0) is 21.9. The normalized spacial score (nSPS) is 11.6. The second-order valence-electron chi connectivity index (χ2n) is 8.68. The molecule has 0 unspecified atom stereocenters. The highest BCUT2D eigenvalue weighted by molar-refractivity contribution is 5.70. The van der Waals surface area contributed by atoms with Crippen molar-refractivity contribution in [2.45, 2.75) is 103 Å². The summed E-state index contributed by atoms with van der Waals surface area (Å²) < 4.78 is 0.791. The summed E-state index contributed by atoms with van der Waals surface area (Å²) in [4.78, 5) is 27.5. The molecule has 0 radical (unpaired) electrons. The minimum atomic E-state index is -0.717. The van der Waals surface area contributed by atoms with Gasteiger partial charge in [-0.05, 0) is 18.3 Å². The molecule has 0 amide bonds. The zero-order valence-corrected chi connectivity index (χ0v) is 18.1. The molecule has 0 fully saturated rings. The highest BCUT2D eigenvalue weighted by Gasteiger charge is 2.26. The SMILES string of the molecule is CC(C)(C)c1cc(O)n(OC(=O)CCCCCCCCCCCCC(=O)O)c1O. The van der Waals surface area contributed by atoms with Crippen LogP contribution in [0.3, 0.4) is 0 Å². The first kappa shape index (κ1) is 24.9. The molecular formula is C22H37NO6. The zero-order valence-electron chi connectivity index (χ0n) is 18.1. The van der Waals surface area contributed by atoms with Crippen LogP contribution in [0.1, 0.15) is 103 Å². The van der Waals surface area contributed by atoms with Gasteiger partial charge in [0.05, 0.1) is 0 Å². The van der Waals surface area contributed by atoms with Gasteiger partial charge in [-0.2, -0.15) is 0 Å². The molecule has 1 rings (SSSR count). The highest BCUT2D eigenvalue weighted by atomic mass is 16.7. The predicted molar refractivity (Wildman–Crippen MR) is 111 cm³/mol. The fourth-order valence-corrected chi connectivity index (χ4v) is 3.22. The molecular weight excluding hydrogens is 374 g/mol. The van der Waals surface area contributed by atoms with Crippen molar-refractivity contribution in [3.63, 3.8) is 0 Å². The molecule has 0 atom stereocenters. The number of carbonyl (C=O) groups excluding carboxylic acids is 1. The second kappa shape index (κ2) is 12.4. The minimum Gasteiger partial charge on any atom is -0.492 e. The third-order valence-corrected chi connectivity index (χ3v) is 4.94. The number of aliphatic carboxylic acids is 1. The lowest BCUT2D eigenvalue weighted by molar-refractivity contribution is -0.145. The number of aromatic hydroxyl groups is 2. The molecule has 166 valence electrons. The Morgan fingerprint density at radius 2 is 1.31 bits per heavy atom. The molecule has 0 saturated carbocycles. The van der Waals surface area contributed by atoms with Crippen molar-refractivity contribution < 1.29 is 29.7 Å². The first-order valence-electron chi connectivity index (χ1n) is 10.7. The lowest BCUT2D eigenvalue weighted by Crippen LogP contribution is -2.19. The third kappa shape index (κ3) is 9.72. The summed E-state index contributed by atoms with van der Waals surface area (Å²) in [6, 6.07) is 1.41. The van der Waals surface area contributed by atoms with Gasteiger partial charge in [0.15, 0.2) is 0 Å². The number of aromatic nitrogens is 1. The Hall–Kier alpha value is -2.18. The Bertz CT molecular complexity index is 644. The van der Waals surface area contributed by atoms with Gasteiger partial charge in [0, 0.05) is 24.5 Å². The van der Waals surface area contributed by atoms with Crippen LogP contribution in [0.25, 0.3) is 0 Å². The molecule has 0 aliphatic carbocycles. The number of rotatable bonds is 14. The van der Waals surface area contributed by atoms with Crippen LogP contribution in [0.15, 0.2) is 6.07 Å². The number of unbranched alkanes of at least 4 members (excludes halogenated alkanes) is 9. The fourth-order valence-electron chi connectivity index (χ4n) is 3.22. The largest absolute Gasteiger partial charge is 0.492 e. The maximum Gasteiger partial charge on any atom is 0.333 e. The van der Waals surface area contributed by atoms with Crippen LogP contribution >= 0.6 is 0 Å². The monoisotopic (exact) mass is 411 g/mol. The maximum absolute atomic E-state index is 12.0. The predicted octanol–water partition coefficient (Wildman–Crippen LogP) is 4.92. The van der Waals surface area contributed by atoms with E-state index in [1.165, 1.54) is 6.07 Å². The Balaban J connectivity index is 2.11. The number of carboxylic acid groups (broad SMARTS) is 1. The van der Waals surface area contributed by atoms with Crippen LogP contribution in [-0.4, -0.2) is 32.0 Å². The van der Waals surface area contributed by atoms with E-state index >= 15 is 0 Å².